The molecule has 1 fully saturated rings. The van der Waals surface area contributed by atoms with Crippen molar-refractivity contribution in [3.63, 3.8) is 0 Å². The number of carbonyl (C=O) groups excluding carboxylic acids is 4. The number of benzene rings is 2. The molecular formula is C33H41FO9S3. The van der Waals surface area contributed by atoms with E-state index in [1.54, 1.807) is 23.5 Å². The van der Waals surface area contributed by atoms with Crippen molar-refractivity contribution in [1.29, 1.82) is 0 Å². The minimum Gasteiger partial charge on any atom is -0.463 e. The van der Waals surface area contributed by atoms with E-state index in [9.17, 15) is 23.6 Å². The maximum absolute atomic E-state index is 13.4. The van der Waals surface area contributed by atoms with Crippen LogP contribution >= 0.6 is 38.3 Å². The lowest BCUT2D eigenvalue weighted by Gasteiger charge is -2.44. The number of esters is 4. The summed E-state index contributed by atoms with van der Waals surface area (Å²) in [5.41, 5.74) is 3.51. The van der Waals surface area contributed by atoms with Crippen molar-refractivity contribution in [2.24, 2.45) is 0 Å². The van der Waals surface area contributed by atoms with E-state index in [4.69, 9.17) is 23.7 Å². The van der Waals surface area contributed by atoms with Crippen LogP contribution in [0.1, 0.15) is 62.8 Å². The average Bonchev–Trinajstić information content (AvgIpc) is 3.39. The van der Waals surface area contributed by atoms with Gasteiger partial charge in [0.1, 0.15) is 24.6 Å². The number of carbonyl (C=O) groups is 4. The van der Waals surface area contributed by atoms with Gasteiger partial charge in [-0.25, -0.2) is 4.39 Å². The van der Waals surface area contributed by atoms with Crippen LogP contribution in [0.2, 0.25) is 0 Å². The van der Waals surface area contributed by atoms with Gasteiger partial charge in [0.2, 0.25) is 0 Å². The fourth-order valence-corrected chi connectivity index (χ4v) is 6.02. The molecule has 13 heteroatoms. The molecule has 1 saturated heterocycles. The van der Waals surface area contributed by atoms with E-state index in [1.807, 2.05) is 37.3 Å². The van der Waals surface area contributed by atoms with Gasteiger partial charge in [0.05, 0.1) is 0 Å². The molecule has 0 aliphatic carbocycles. The molecule has 2 aromatic carbocycles. The van der Waals surface area contributed by atoms with E-state index in [1.165, 1.54) is 39.8 Å². The van der Waals surface area contributed by atoms with Crippen molar-refractivity contribution in [1.82, 2.24) is 0 Å². The number of halogens is 1. The summed E-state index contributed by atoms with van der Waals surface area (Å²) < 4.78 is 41.6. The Morgan fingerprint density at radius 1 is 0.783 bits per heavy atom. The molecule has 0 N–H and O–H groups in total. The molecule has 9 nitrogen and oxygen atoms in total. The summed E-state index contributed by atoms with van der Waals surface area (Å²) in [6.07, 6.45) is -5.06. The number of hydrogen-bond acceptors (Lipinski definition) is 10. The molecule has 46 heavy (non-hydrogen) atoms. The fourth-order valence-electron chi connectivity index (χ4n) is 4.99. The van der Waals surface area contributed by atoms with Crippen LogP contribution in [0.15, 0.2) is 54.6 Å². The second-order valence-corrected chi connectivity index (χ2v) is 11.4. The summed E-state index contributed by atoms with van der Waals surface area (Å²) in [6.45, 7) is 6.48. The van der Waals surface area contributed by atoms with Gasteiger partial charge in [-0.1, -0.05) is 37.8 Å². The largest absolute Gasteiger partial charge is 0.463 e. The Balaban J connectivity index is 0.00000353. The molecule has 0 spiro atoms. The normalized spacial score (nSPS) is 20.1. The van der Waals surface area contributed by atoms with Gasteiger partial charge in [-0.2, -0.15) is 27.0 Å². The highest BCUT2D eigenvalue weighted by Crippen LogP contribution is 2.39. The molecule has 0 radical (unpaired) electrons. The molecule has 5 atom stereocenters. The first-order chi connectivity index (χ1) is 20.4. The lowest BCUT2D eigenvalue weighted by molar-refractivity contribution is -0.254. The Morgan fingerprint density at radius 3 is 1.96 bits per heavy atom. The first-order valence-corrected chi connectivity index (χ1v) is 14.5. The molecule has 1 aliphatic rings. The highest BCUT2D eigenvalue weighted by molar-refractivity contribution is 7.59. The Morgan fingerprint density at radius 2 is 1.37 bits per heavy atom. The number of hydrogen-bond donors (Lipinski definition) is 0. The highest BCUT2D eigenvalue weighted by atomic mass is 32.1. The summed E-state index contributed by atoms with van der Waals surface area (Å²) in [5, 5.41) is 0. The molecule has 0 amide bonds. The zero-order chi connectivity index (χ0) is 31.3. The second kappa shape index (κ2) is 18.1. The van der Waals surface area contributed by atoms with Crippen LogP contribution in [0.25, 0.3) is 10.4 Å². The SMILES string of the molecule is C.CC(=O)OC[C@H]1O[C@@H](c2ccc(C)c(Cc3ccc(-c4ccc(F)cc4)s3)c2)[C@H](OC(C)=O)[C@@H](OC(C)=O)[C@@H]1OC(C)=O.S.S. The molecule has 0 unspecified atom stereocenters. The number of ether oxygens (including phenoxy) is 5. The summed E-state index contributed by atoms with van der Waals surface area (Å²) >= 11 is 1.59. The third kappa shape index (κ3) is 10.6. The number of thiophene rings is 1. The predicted octanol–water partition coefficient (Wildman–Crippen LogP) is 6.11. The van der Waals surface area contributed by atoms with Gasteiger partial charge < -0.3 is 23.7 Å². The van der Waals surface area contributed by atoms with Gasteiger partial charge in [0.15, 0.2) is 18.3 Å². The molecule has 2 heterocycles. The Labute approximate surface area is 286 Å². The van der Waals surface area contributed by atoms with Gasteiger partial charge in [-0.05, 0) is 53.4 Å². The maximum atomic E-state index is 13.4. The summed E-state index contributed by atoms with van der Waals surface area (Å²) in [7, 11) is 0. The van der Waals surface area contributed by atoms with Crippen molar-refractivity contribution in [3.05, 3.63) is 82.0 Å². The molecule has 0 saturated carbocycles. The van der Waals surface area contributed by atoms with Crippen molar-refractivity contribution in [2.75, 3.05) is 6.61 Å². The van der Waals surface area contributed by atoms with Crippen LogP contribution in [0, 0.1) is 12.7 Å². The van der Waals surface area contributed by atoms with Crippen LogP contribution in [0.3, 0.4) is 0 Å². The third-order valence-electron chi connectivity index (χ3n) is 6.85. The van der Waals surface area contributed by atoms with E-state index in [-0.39, 0.29) is 46.8 Å². The molecule has 3 aromatic rings. The minimum atomic E-state index is -1.25. The Bertz CT molecular complexity index is 1490. The van der Waals surface area contributed by atoms with Gasteiger partial charge in [-0.15, -0.1) is 11.3 Å². The fraction of sp³-hybridized carbons (Fsp3) is 0.394. The number of aryl methyl sites for hydroxylation is 1. The van der Waals surface area contributed by atoms with Crippen LogP contribution < -0.4 is 0 Å². The topological polar surface area (TPSA) is 114 Å². The van der Waals surface area contributed by atoms with Crippen LogP contribution in [0.4, 0.5) is 4.39 Å². The molecule has 252 valence electrons. The van der Waals surface area contributed by atoms with E-state index >= 15 is 0 Å². The van der Waals surface area contributed by atoms with Gasteiger partial charge in [-0.3, -0.25) is 19.2 Å². The molecule has 1 aliphatic heterocycles. The maximum Gasteiger partial charge on any atom is 0.303 e. The van der Waals surface area contributed by atoms with Crippen LogP contribution in [-0.2, 0) is 49.3 Å². The predicted molar refractivity (Wildman–Crippen MR) is 182 cm³/mol. The quantitative estimate of drug-likeness (QED) is 0.193. The van der Waals surface area contributed by atoms with Gasteiger partial charge in [0.25, 0.3) is 0 Å². The first-order valence-electron chi connectivity index (χ1n) is 13.7. The van der Waals surface area contributed by atoms with E-state index < -0.39 is 54.4 Å². The lowest BCUT2D eigenvalue weighted by Crippen LogP contribution is -2.59. The summed E-state index contributed by atoms with van der Waals surface area (Å²) in [6, 6.07) is 16.0. The second-order valence-electron chi connectivity index (χ2n) is 10.3. The molecule has 1 aromatic heterocycles. The minimum absolute atomic E-state index is 0. The monoisotopic (exact) mass is 696 g/mol. The smallest absolute Gasteiger partial charge is 0.303 e. The number of rotatable bonds is 9. The zero-order valence-electron chi connectivity index (χ0n) is 25.5. The van der Waals surface area contributed by atoms with Gasteiger partial charge >= 0.3 is 23.9 Å². The molecule has 0 bridgehead atoms. The Hall–Kier alpha value is -3.39. The van der Waals surface area contributed by atoms with Crippen LogP contribution in [0.5, 0.6) is 0 Å². The van der Waals surface area contributed by atoms with Crippen molar-refractivity contribution in [2.45, 2.75) is 79.0 Å². The van der Waals surface area contributed by atoms with Crippen molar-refractivity contribution in [3.8, 4) is 10.4 Å². The van der Waals surface area contributed by atoms with Crippen molar-refractivity contribution < 1.29 is 47.3 Å². The first kappa shape index (κ1) is 40.6. The molecular weight excluding hydrogens is 656 g/mol. The standard InChI is InChI=1S/C32H33FO9S.CH4.2H2S/c1-17-6-7-23(14-24(17)15-26-12-13-28(43-26)22-8-10-25(33)11-9-22)29-31(40-20(4)36)32(41-21(5)37)30(39-19(3)35)27(42-29)16-38-18(2)34;;;/h6-14,27,29-32H,15-16H2,1-5H3;1H4;2*1H2/t27-,29+,30-,31+,32+;;;/m1.../s1. The highest BCUT2D eigenvalue weighted by Gasteiger charge is 2.52. The lowest BCUT2D eigenvalue weighted by atomic mass is 9.88. The van der Waals surface area contributed by atoms with E-state index in [0.29, 0.717) is 12.0 Å². The summed E-state index contributed by atoms with van der Waals surface area (Å²) in [4.78, 5) is 50.1. The summed E-state index contributed by atoms with van der Waals surface area (Å²) in [5.74, 6) is -2.91. The van der Waals surface area contributed by atoms with Crippen molar-refractivity contribution >= 4 is 62.2 Å². The zero-order valence-corrected chi connectivity index (χ0v) is 28.3. The Kier molecular flexibility index (Phi) is 16.0. The van der Waals surface area contributed by atoms with Gasteiger partial charge in [0, 0.05) is 43.9 Å². The van der Waals surface area contributed by atoms with E-state index in [0.717, 1.165) is 26.4 Å². The van der Waals surface area contributed by atoms with E-state index in [2.05, 4.69) is 0 Å². The molecule has 4 rings (SSSR count). The average molecular weight is 697 g/mol. The third-order valence-corrected chi connectivity index (χ3v) is 7.98. The van der Waals surface area contributed by atoms with Crippen LogP contribution in [-0.4, -0.2) is 54.9 Å².